The fourth-order valence-corrected chi connectivity index (χ4v) is 6.02. The molecule has 3 rings (SSSR count). The maximum absolute atomic E-state index is 12.7. The van der Waals surface area contributed by atoms with E-state index in [0.717, 1.165) is 49.0 Å². The molecule has 1 aromatic carbocycles. The maximum Gasteiger partial charge on any atom is 0.573 e. The van der Waals surface area contributed by atoms with E-state index >= 15 is 0 Å². The zero-order valence-corrected chi connectivity index (χ0v) is 21.1. The van der Waals surface area contributed by atoms with Crippen LogP contribution in [-0.2, 0) is 0 Å². The Morgan fingerprint density at radius 2 is 1.39 bits per heavy atom. The fraction of sp³-hybridized carbons (Fsp3) is 0.633. The van der Waals surface area contributed by atoms with Crippen LogP contribution in [0.15, 0.2) is 48.3 Å². The number of halogens is 4. The summed E-state index contributed by atoms with van der Waals surface area (Å²) < 4.78 is 53.7. The van der Waals surface area contributed by atoms with Gasteiger partial charge in [0.15, 0.2) is 5.83 Å². The van der Waals surface area contributed by atoms with Gasteiger partial charge in [-0.3, -0.25) is 0 Å². The summed E-state index contributed by atoms with van der Waals surface area (Å²) in [6, 6.07) is 7.90. The first-order chi connectivity index (χ1) is 17.3. The van der Waals surface area contributed by atoms with Crippen LogP contribution in [0.5, 0.6) is 5.75 Å². The molecule has 2 fully saturated rings. The van der Waals surface area contributed by atoms with E-state index in [2.05, 4.69) is 4.74 Å². The van der Waals surface area contributed by atoms with Crippen LogP contribution in [-0.4, -0.2) is 6.36 Å². The quantitative estimate of drug-likeness (QED) is 0.130. The van der Waals surface area contributed by atoms with Crippen molar-refractivity contribution in [1.82, 2.24) is 0 Å². The first kappa shape index (κ1) is 28.3. The van der Waals surface area contributed by atoms with Crippen molar-refractivity contribution >= 4 is 0 Å². The van der Waals surface area contributed by atoms with Gasteiger partial charge in [-0.2, -0.15) is 9.65 Å². The van der Waals surface area contributed by atoms with Crippen LogP contribution in [0, 0.1) is 29.1 Å². The first-order valence-electron chi connectivity index (χ1n) is 13.6. The Kier molecular flexibility index (Phi) is 11.4. The zero-order chi connectivity index (χ0) is 25.8. The number of allylic oxidation sites excluding steroid dienone is 4. The van der Waals surface area contributed by atoms with E-state index in [-0.39, 0.29) is 5.75 Å². The molecule has 0 bridgehead atoms. The van der Waals surface area contributed by atoms with Gasteiger partial charge < -0.3 is 4.74 Å². The minimum atomic E-state index is -4.64. The van der Waals surface area contributed by atoms with Crippen molar-refractivity contribution in [2.75, 3.05) is 0 Å². The summed E-state index contributed by atoms with van der Waals surface area (Å²) >= 11 is 0. The molecule has 0 heterocycles. The monoisotopic (exact) mass is 505 g/mol. The Morgan fingerprint density at radius 1 is 0.861 bits per heavy atom. The highest BCUT2D eigenvalue weighted by Gasteiger charge is 2.31. The molecule has 6 heteroatoms. The van der Waals surface area contributed by atoms with E-state index in [1.807, 2.05) is 6.08 Å². The number of hydrogen-bond donors (Lipinski definition) is 0. The summed E-state index contributed by atoms with van der Waals surface area (Å²) in [6.07, 6.45) is 17.5. The van der Waals surface area contributed by atoms with Crippen molar-refractivity contribution in [3.63, 3.8) is 0 Å². The number of benzene rings is 1. The summed E-state index contributed by atoms with van der Waals surface area (Å²) in [5, 5.41) is 8.39. The first-order valence-corrected chi connectivity index (χ1v) is 13.6. The van der Waals surface area contributed by atoms with Crippen LogP contribution in [0.25, 0.3) is 0 Å². The van der Waals surface area contributed by atoms with E-state index in [4.69, 9.17) is 5.26 Å². The van der Waals surface area contributed by atoms with Crippen LogP contribution in [0.2, 0.25) is 0 Å². The third kappa shape index (κ3) is 10.4. The van der Waals surface area contributed by atoms with Crippen molar-refractivity contribution in [3.05, 3.63) is 53.9 Å². The number of nitriles is 1. The molecule has 2 aliphatic carbocycles. The second-order valence-corrected chi connectivity index (χ2v) is 10.6. The van der Waals surface area contributed by atoms with Gasteiger partial charge in [-0.1, -0.05) is 75.7 Å². The topological polar surface area (TPSA) is 33.0 Å². The van der Waals surface area contributed by atoms with Crippen molar-refractivity contribution in [2.45, 2.75) is 102 Å². The van der Waals surface area contributed by atoms with Gasteiger partial charge in [0.25, 0.3) is 0 Å². The molecule has 2 nitrogen and oxygen atoms in total. The predicted molar refractivity (Wildman–Crippen MR) is 135 cm³/mol. The summed E-state index contributed by atoms with van der Waals surface area (Å²) in [5.74, 6) is 1.98. The molecular weight excluding hydrogens is 466 g/mol. The molecule has 0 amide bonds. The summed E-state index contributed by atoms with van der Waals surface area (Å²) in [5.41, 5.74) is 1.12. The maximum atomic E-state index is 12.7. The lowest BCUT2D eigenvalue weighted by atomic mass is 9.76. The third-order valence-electron chi connectivity index (χ3n) is 8.10. The minimum absolute atomic E-state index is 0.149. The molecule has 2 aliphatic rings. The summed E-state index contributed by atoms with van der Waals surface area (Å²) in [6.45, 7) is 0. The van der Waals surface area contributed by atoms with Gasteiger partial charge in [0.05, 0.1) is 0 Å². The second kappa shape index (κ2) is 14.4. The second-order valence-electron chi connectivity index (χ2n) is 10.6. The van der Waals surface area contributed by atoms with Crippen LogP contribution in [0.3, 0.4) is 0 Å². The Hall–Kier alpha value is -2.29. The summed E-state index contributed by atoms with van der Waals surface area (Å²) in [7, 11) is 0. The Morgan fingerprint density at radius 3 is 1.92 bits per heavy atom. The number of hydrogen-bond acceptors (Lipinski definition) is 2. The summed E-state index contributed by atoms with van der Waals surface area (Å²) in [4.78, 5) is 0. The average molecular weight is 506 g/mol. The largest absolute Gasteiger partial charge is 0.573 e. The lowest BCUT2D eigenvalue weighted by molar-refractivity contribution is -0.274. The zero-order valence-electron chi connectivity index (χ0n) is 21.1. The standard InChI is InChI=1S/C30H39F4NO/c31-28(22-35)9-3-1-2-6-23-10-12-24(13-11-23)7-4-5-8-25-14-16-26(17-15-25)27-18-20-29(21-19-27)36-30(32,33)34/h1,3,9,18-21,23-26H,2,4-8,10-17H2/b3-1+,28-9-/t23-,24-,25-,26-. The van der Waals surface area contributed by atoms with Gasteiger partial charge in [-0.25, -0.2) is 0 Å². The molecule has 0 aromatic heterocycles. The lowest BCUT2D eigenvalue weighted by Crippen LogP contribution is -2.17. The van der Waals surface area contributed by atoms with E-state index in [1.54, 1.807) is 18.2 Å². The molecule has 0 spiro atoms. The number of alkyl halides is 3. The van der Waals surface area contributed by atoms with Crippen molar-refractivity contribution in [3.8, 4) is 11.8 Å². The predicted octanol–water partition coefficient (Wildman–Crippen LogP) is 9.94. The minimum Gasteiger partial charge on any atom is -0.406 e. The van der Waals surface area contributed by atoms with Crippen LogP contribution in [0.1, 0.15) is 101 Å². The van der Waals surface area contributed by atoms with Gasteiger partial charge in [0.1, 0.15) is 11.8 Å². The molecule has 0 atom stereocenters. The van der Waals surface area contributed by atoms with Gasteiger partial charge in [0.2, 0.25) is 0 Å². The Bertz CT molecular complexity index is 868. The smallest absolute Gasteiger partial charge is 0.406 e. The van der Waals surface area contributed by atoms with E-state index in [9.17, 15) is 17.6 Å². The molecule has 0 radical (unpaired) electrons. The van der Waals surface area contributed by atoms with Gasteiger partial charge in [-0.05, 0) is 86.0 Å². The lowest BCUT2D eigenvalue weighted by Gasteiger charge is -2.30. The number of nitrogens with zero attached hydrogens (tertiary/aromatic N) is 1. The fourth-order valence-electron chi connectivity index (χ4n) is 6.02. The Labute approximate surface area is 213 Å². The van der Waals surface area contributed by atoms with Crippen molar-refractivity contribution < 1.29 is 22.3 Å². The van der Waals surface area contributed by atoms with E-state index in [1.165, 1.54) is 88.5 Å². The molecule has 0 aliphatic heterocycles. The Balaban J connectivity index is 1.23. The molecule has 0 N–H and O–H groups in total. The normalized spacial score (nSPS) is 25.6. The number of ether oxygens (including phenoxy) is 1. The van der Waals surface area contributed by atoms with Crippen LogP contribution < -0.4 is 4.74 Å². The molecule has 0 saturated heterocycles. The highest BCUT2D eigenvalue weighted by molar-refractivity contribution is 5.29. The third-order valence-corrected chi connectivity index (χ3v) is 8.10. The van der Waals surface area contributed by atoms with Gasteiger partial charge in [-0.15, -0.1) is 13.2 Å². The van der Waals surface area contributed by atoms with Crippen molar-refractivity contribution in [2.24, 2.45) is 17.8 Å². The van der Waals surface area contributed by atoms with Crippen LogP contribution in [0.4, 0.5) is 17.6 Å². The van der Waals surface area contributed by atoms with E-state index < -0.39 is 12.2 Å². The SMILES string of the molecule is N#C/C(F)=C/C=C/CC[C@H]1CC[C@H](CCCC[C@H]2CC[C@H](c3ccc(OC(F)(F)F)cc3)CC2)CC1. The molecule has 0 unspecified atom stereocenters. The van der Waals surface area contributed by atoms with Gasteiger partial charge >= 0.3 is 6.36 Å². The highest BCUT2D eigenvalue weighted by Crippen LogP contribution is 2.39. The highest BCUT2D eigenvalue weighted by atomic mass is 19.4. The number of rotatable bonds is 11. The van der Waals surface area contributed by atoms with Gasteiger partial charge in [0, 0.05) is 0 Å². The molecule has 1 aromatic rings. The van der Waals surface area contributed by atoms with Crippen LogP contribution >= 0.6 is 0 Å². The average Bonchev–Trinajstić information content (AvgIpc) is 2.87. The van der Waals surface area contributed by atoms with Crippen molar-refractivity contribution in [1.29, 1.82) is 5.26 Å². The number of unbranched alkanes of at least 4 members (excludes halogenated alkanes) is 1. The molecule has 2 saturated carbocycles. The molecular formula is C30H39F4NO. The van der Waals surface area contributed by atoms with E-state index in [0.29, 0.717) is 5.92 Å². The molecule has 36 heavy (non-hydrogen) atoms. The molecule has 198 valence electrons.